The molecule has 4 heteroatoms. The number of hydrogen-bond donors (Lipinski definition) is 2. The molecule has 3 rings (SSSR count). The summed E-state index contributed by atoms with van der Waals surface area (Å²) in [7, 11) is 1.83. The summed E-state index contributed by atoms with van der Waals surface area (Å²) in [5.41, 5.74) is 2.03. The second-order valence-electron chi connectivity index (χ2n) is 6.56. The predicted molar refractivity (Wildman–Crippen MR) is 78.5 cm³/mol. The van der Waals surface area contributed by atoms with E-state index in [2.05, 4.69) is 25.2 Å². The molecule has 0 bridgehead atoms. The minimum Gasteiger partial charge on any atom is -0.392 e. The van der Waals surface area contributed by atoms with Crippen LogP contribution in [-0.4, -0.2) is 30.2 Å². The second kappa shape index (κ2) is 4.57. The Labute approximate surface area is 119 Å². The van der Waals surface area contributed by atoms with Crippen LogP contribution in [-0.2, 0) is 4.79 Å². The number of carbonyl (C=O) groups excluding carboxylic acids is 1. The number of hydrogen-bond acceptors (Lipinski definition) is 3. The van der Waals surface area contributed by atoms with Gasteiger partial charge in [0.15, 0.2) is 0 Å². The number of nitrogens with zero attached hydrogens (tertiary/aromatic N) is 1. The first-order valence-corrected chi connectivity index (χ1v) is 7.21. The molecule has 1 fully saturated rings. The van der Waals surface area contributed by atoms with Crippen LogP contribution in [0.1, 0.15) is 38.3 Å². The van der Waals surface area contributed by atoms with E-state index in [0.717, 1.165) is 12.1 Å². The van der Waals surface area contributed by atoms with Gasteiger partial charge in [-0.25, -0.2) is 0 Å². The third-order valence-electron chi connectivity index (χ3n) is 5.04. The van der Waals surface area contributed by atoms with Gasteiger partial charge in [-0.3, -0.25) is 4.79 Å². The molecule has 1 aliphatic carbocycles. The van der Waals surface area contributed by atoms with Crippen LogP contribution >= 0.6 is 0 Å². The number of anilines is 1. The van der Waals surface area contributed by atoms with E-state index in [1.165, 1.54) is 5.56 Å². The molecular formula is C16H22N2O2. The van der Waals surface area contributed by atoms with E-state index >= 15 is 0 Å². The fraction of sp³-hybridized carbons (Fsp3) is 0.562. The van der Waals surface area contributed by atoms with Crippen molar-refractivity contribution in [2.24, 2.45) is 5.41 Å². The fourth-order valence-corrected chi connectivity index (χ4v) is 3.22. The molecule has 0 saturated heterocycles. The van der Waals surface area contributed by atoms with Gasteiger partial charge in [-0.15, -0.1) is 0 Å². The van der Waals surface area contributed by atoms with Crippen molar-refractivity contribution in [1.82, 2.24) is 5.32 Å². The summed E-state index contributed by atoms with van der Waals surface area (Å²) in [6.07, 6.45) is 0.989. The van der Waals surface area contributed by atoms with Crippen molar-refractivity contribution in [2.45, 2.75) is 44.9 Å². The van der Waals surface area contributed by atoms with Gasteiger partial charge in [-0.2, -0.15) is 0 Å². The molecule has 3 unspecified atom stereocenters. The number of benzene rings is 1. The fourth-order valence-electron chi connectivity index (χ4n) is 3.22. The highest BCUT2D eigenvalue weighted by molar-refractivity contribution is 5.96. The topological polar surface area (TPSA) is 52.6 Å². The van der Waals surface area contributed by atoms with E-state index in [9.17, 15) is 9.90 Å². The molecule has 0 spiro atoms. The van der Waals surface area contributed by atoms with E-state index in [4.69, 9.17) is 0 Å². The molecule has 2 aliphatic rings. The standard InChI is InChI=1S/C16H22N2O2/c1-16(2)13(9-14(16)19)17-11-8-15(20)18(3)12-7-5-4-6-10(11)12/h4-7,11,13-14,17,19H,8-9H2,1-3H3. The lowest BCUT2D eigenvalue weighted by molar-refractivity contribution is -0.120. The Hall–Kier alpha value is -1.39. The normalized spacial score (nSPS) is 31.7. The highest BCUT2D eigenvalue weighted by atomic mass is 16.3. The van der Waals surface area contributed by atoms with Crippen molar-refractivity contribution in [3.05, 3.63) is 29.8 Å². The largest absolute Gasteiger partial charge is 0.392 e. The van der Waals surface area contributed by atoms with E-state index in [1.807, 2.05) is 25.2 Å². The van der Waals surface area contributed by atoms with Crippen molar-refractivity contribution < 1.29 is 9.90 Å². The van der Waals surface area contributed by atoms with Crippen LogP contribution in [0.5, 0.6) is 0 Å². The monoisotopic (exact) mass is 274 g/mol. The minimum absolute atomic E-state index is 0.0478. The van der Waals surface area contributed by atoms with Gasteiger partial charge in [-0.1, -0.05) is 32.0 Å². The van der Waals surface area contributed by atoms with Gasteiger partial charge < -0.3 is 15.3 Å². The molecule has 4 nitrogen and oxygen atoms in total. The number of nitrogens with one attached hydrogen (secondary N) is 1. The summed E-state index contributed by atoms with van der Waals surface area (Å²) in [5, 5.41) is 13.4. The van der Waals surface area contributed by atoms with Gasteiger partial charge >= 0.3 is 0 Å². The lowest BCUT2D eigenvalue weighted by Crippen LogP contribution is -2.61. The molecule has 1 heterocycles. The molecule has 2 N–H and O–H groups in total. The number of fused-ring (bicyclic) bond motifs is 1. The first-order chi connectivity index (χ1) is 9.41. The predicted octanol–water partition coefficient (Wildman–Crippen LogP) is 1.84. The quantitative estimate of drug-likeness (QED) is 0.865. The Bertz CT molecular complexity index is 541. The first-order valence-electron chi connectivity index (χ1n) is 7.21. The summed E-state index contributed by atoms with van der Waals surface area (Å²) in [4.78, 5) is 13.8. The van der Waals surface area contributed by atoms with Crippen molar-refractivity contribution in [3.63, 3.8) is 0 Å². The zero-order valence-corrected chi connectivity index (χ0v) is 12.3. The molecule has 0 radical (unpaired) electrons. The van der Waals surface area contributed by atoms with Crippen LogP contribution in [0.2, 0.25) is 0 Å². The molecule has 1 amide bonds. The highest BCUT2D eigenvalue weighted by Gasteiger charge is 2.48. The van der Waals surface area contributed by atoms with Crippen molar-refractivity contribution in [3.8, 4) is 0 Å². The molecule has 1 aromatic carbocycles. The first kappa shape index (κ1) is 13.6. The number of para-hydroxylation sites is 1. The lowest BCUT2D eigenvalue weighted by atomic mass is 9.64. The number of amides is 1. The van der Waals surface area contributed by atoms with E-state index < -0.39 is 0 Å². The van der Waals surface area contributed by atoms with Crippen molar-refractivity contribution >= 4 is 11.6 Å². The Morgan fingerprint density at radius 1 is 1.35 bits per heavy atom. The maximum absolute atomic E-state index is 12.1. The van der Waals surface area contributed by atoms with Gasteiger partial charge in [0, 0.05) is 36.7 Å². The van der Waals surface area contributed by atoms with Crippen LogP contribution < -0.4 is 10.2 Å². The number of aliphatic hydroxyl groups excluding tert-OH is 1. The SMILES string of the molecule is CN1C(=O)CC(NC2CC(O)C2(C)C)c2ccccc21. The molecule has 1 aromatic rings. The molecule has 108 valence electrons. The van der Waals surface area contributed by atoms with E-state index in [0.29, 0.717) is 6.42 Å². The average molecular weight is 274 g/mol. The third kappa shape index (κ3) is 1.95. The molecule has 0 aromatic heterocycles. The molecule has 3 atom stereocenters. The van der Waals surface area contributed by atoms with Gasteiger partial charge in [0.25, 0.3) is 0 Å². The highest BCUT2D eigenvalue weighted by Crippen LogP contribution is 2.43. The Morgan fingerprint density at radius 3 is 2.70 bits per heavy atom. The Morgan fingerprint density at radius 2 is 2.05 bits per heavy atom. The summed E-state index contributed by atoms with van der Waals surface area (Å²) >= 11 is 0. The average Bonchev–Trinajstić information content (AvgIpc) is 2.44. The van der Waals surface area contributed by atoms with Crippen LogP contribution in [0.3, 0.4) is 0 Å². The van der Waals surface area contributed by atoms with Crippen LogP contribution in [0.4, 0.5) is 5.69 Å². The van der Waals surface area contributed by atoms with Gasteiger partial charge in [0.2, 0.25) is 5.91 Å². The van der Waals surface area contributed by atoms with Crippen molar-refractivity contribution in [1.29, 1.82) is 0 Å². The summed E-state index contributed by atoms with van der Waals surface area (Å²) < 4.78 is 0. The van der Waals surface area contributed by atoms with E-state index in [-0.39, 0.29) is 29.5 Å². The zero-order valence-electron chi connectivity index (χ0n) is 12.3. The van der Waals surface area contributed by atoms with Crippen LogP contribution in [0.15, 0.2) is 24.3 Å². The minimum atomic E-state index is -0.253. The maximum Gasteiger partial charge on any atom is 0.228 e. The van der Waals surface area contributed by atoms with Crippen LogP contribution in [0.25, 0.3) is 0 Å². The van der Waals surface area contributed by atoms with Gasteiger partial charge in [0.1, 0.15) is 0 Å². The molecular weight excluding hydrogens is 252 g/mol. The zero-order chi connectivity index (χ0) is 14.5. The Kier molecular flexibility index (Phi) is 3.10. The number of carbonyl (C=O) groups is 1. The smallest absolute Gasteiger partial charge is 0.228 e. The molecule has 20 heavy (non-hydrogen) atoms. The van der Waals surface area contributed by atoms with Crippen LogP contribution in [0, 0.1) is 5.41 Å². The third-order valence-corrected chi connectivity index (χ3v) is 5.04. The van der Waals surface area contributed by atoms with E-state index in [1.54, 1.807) is 4.90 Å². The maximum atomic E-state index is 12.1. The molecule has 1 saturated carbocycles. The second-order valence-corrected chi connectivity index (χ2v) is 6.56. The van der Waals surface area contributed by atoms with Gasteiger partial charge in [0.05, 0.1) is 6.10 Å². The number of rotatable bonds is 2. The summed E-state index contributed by atoms with van der Waals surface area (Å²) in [6.45, 7) is 4.14. The Balaban J connectivity index is 1.85. The number of aliphatic hydroxyl groups is 1. The summed E-state index contributed by atoms with van der Waals surface area (Å²) in [6, 6.07) is 8.35. The van der Waals surface area contributed by atoms with Gasteiger partial charge in [-0.05, 0) is 18.1 Å². The molecule has 1 aliphatic heterocycles. The lowest BCUT2D eigenvalue weighted by Gasteiger charge is -2.51. The van der Waals surface area contributed by atoms with Crippen molar-refractivity contribution in [2.75, 3.05) is 11.9 Å². The summed E-state index contributed by atoms with van der Waals surface area (Å²) in [5.74, 6) is 0.138.